The number of nitrogens with one attached hydrogen (secondary N) is 2. The average molecular weight is 1790 g/mol. The Morgan fingerprint density at radius 3 is 0.477 bits per heavy atom. The maximum Gasteiger partial charge on any atom is 0.164 e. The van der Waals surface area contributed by atoms with Crippen molar-refractivity contribution in [2.75, 3.05) is 0 Å². The molecule has 2 aliphatic rings. The molecule has 2 N–H and O–H groups in total. The molecule has 25 rings (SSSR count). The van der Waals surface area contributed by atoms with Gasteiger partial charge in [-0.1, -0.05) is 288 Å². The Morgan fingerprint density at radius 1 is 0.148 bits per heavy atom. The summed E-state index contributed by atoms with van der Waals surface area (Å²) in [5.41, 5.74) is 12.0. The molecular weight excluding hydrogens is 1730 g/mol. The van der Waals surface area contributed by atoms with Crippen molar-refractivity contribution < 1.29 is 0 Å². The van der Waals surface area contributed by atoms with Crippen LogP contribution in [-0.4, -0.2) is 79.7 Å². The zero-order valence-electron chi connectivity index (χ0n) is 66.9. The zero-order valence-corrected chi connectivity index (χ0v) is 73.4. The Balaban J connectivity index is 0.781. The average Bonchev–Trinajstić information content (AvgIpc) is 1.58. The summed E-state index contributed by atoms with van der Waals surface area (Å²) in [5.74, 6) is 1.64. The molecule has 0 amide bonds. The number of H-pyrrole nitrogens is 2. The predicted octanol–water partition coefficient (Wildman–Crippen LogP) is 28.5. The summed E-state index contributed by atoms with van der Waals surface area (Å²) in [5, 5.41) is 17.9. The molecule has 0 fully saturated rings. The van der Waals surface area contributed by atoms with E-state index in [1.807, 2.05) is 97.1 Å². The van der Waals surface area contributed by atoms with Crippen LogP contribution in [0.2, 0.25) is 0 Å². The van der Waals surface area contributed by atoms with E-state index in [-0.39, 0.29) is 0 Å². The maximum atomic E-state index is 5.87. The summed E-state index contributed by atoms with van der Waals surface area (Å²) in [6.07, 6.45) is 0. The Hall–Kier alpha value is -13.9. The van der Waals surface area contributed by atoms with Gasteiger partial charge in [-0.05, 0) is 146 Å². The first-order valence-corrected chi connectivity index (χ1v) is 47.6. The predicted molar refractivity (Wildman–Crippen MR) is 523 cm³/mol. The van der Waals surface area contributed by atoms with E-state index in [1.54, 1.807) is 94.1 Å². The lowest BCUT2D eigenvalue weighted by molar-refractivity contribution is 1.15. The third-order valence-corrected chi connectivity index (χ3v) is 30.9. The van der Waals surface area contributed by atoms with Crippen molar-refractivity contribution in [2.24, 2.45) is 0 Å². The van der Waals surface area contributed by atoms with Crippen LogP contribution in [0, 0.1) is 0 Å². The van der Waals surface area contributed by atoms with E-state index in [1.165, 1.54) is 0 Å². The van der Waals surface area contributed by atoms with Gasteiger partial charge in [0.2, 0.25) is 0 Å². The van der Waals surface area contributed by atoms with Gasteiger partial charge < -0.3 is 9.97 Å². The molecule has 16 nitrogen and oxygen atoms in total. The lowest BCUT2D eigenvalue weighted by Crippen LogP contribution is -1.90. The van der Waals surface area contributed by atoms with E-state index >= 15 is 0 Å². The van der Waals surface area contributed by atoms with Crippen LogP contribution in [0.4, 0.5) is 0 Å². The third-order valence-electron chi connectivity index (χ3n) is 22.4. The van der Waals surface area contributed by atoms with Crippen LogP contribution in [0.1, 0.15) is 0 Å². The van der Waals surface area contributed by atoms with Crippen molar-refractivity contribution in [3.63, 3.8) is 0 Å². The molecule has 0 saturated heterocycles. The molecule has 11 aromatic heterocycles. The van der Waals surface area contributed by atoms with Crippen molar-refractivity contribution in [2.45, 2.75) is 79.4 Å². The number of aromatic nitrogens is 16. The van der Waals surface area contributed by atoms with Gasteiger partial charge in [-0.2, -0.15) is 0 Å². The molecule has 602 valence electrons. The first-order chi connectivity index (χ1) is 63.2. The van der Waals surface area contributed by atoms with Gasteiger partial charge >= 0.3 is 0 Å². The largest absolute Gasteiger partial charge is 0.324 e. The van der Waals surface area contributed by atoms with Gasteiger partial charge in [0.25, 0.3) is 0 Å². The van der Waals surface area contributed by atoms with E-state index in [4.69, 9.17) is 69.8 Å². The molecule has 23 aromatic rings. The number of hydrogen-bond acceptors (Lipinski definition) is 22. The number of para-hydroxylation sites is 8. The van der Waals surface area contributed by atoms with Crippen LogP contribution in [0.5, 0.6) is 0 Å². The Bertz CT molecular complexity index is 7820. The smallest absolute Gasteiger partial charge is 0.164 e. The molecule has 24 heteroatoms. The summed E-state index contributed by atoms with van der Waals surface area (Å²) in [4.78, 5) is 92.3. The molecule has 13 heterocycles. The summed E-state index contributed by atoms with van der Waals surface area (Å²) in [6.45, 7) is 0. The van der Waals surface area contributed by atoms with Crippen LogP contribution in [0.15, 0.2) is 419 Å². The SMILES string of the molecule is c1ccc2nc(Sc3cc4c(cc3Sc3ccc5ccccc5n3)-c3nc-4nc4[nH]c(nc5nc(nc6[nH]c(n3)c3cc(Sc7ccc8ccccc8n7)c(Sc7ccc8ccccc8n7)cc63)-c3cc(Sc6ccc7ccccc7n6)c(Sc6ccc7ccccc7n6)cc3-5)c3cc(Sc5ccc6ccccc6n5)c(Sc5ccc6ccccc6n5)cc43)ccc2c1. The fraction of sp³-hybridized carbons (Fsp3) is 0. The quantitative estimate of drug-likeness (QED) is 0.0920. The van der Waals surface area contributed by atoms with E-state index in [0.717, 1.165) is 210 Å². The number of benzene rings is 12. The van der Waals surface area contributed by atoms with Crippen LogP contribution in [0.3, 0.4) is 0 Å². The summed E-state index contributed by atoms with van der Waals surface area (Å²) in [6, 6.07) is 117. The number of hydrogen-bond donors (Lipinski definition) is 2. The van der Waals surface area contributed by atoms with Crippen molar-refractivity contribution in [1.29, 1.82) is 0 Å². The van der Waals surface area contributed by atoms with Crippen LogP contribution in [-0.2, 0) is 0 Å². The molecule has 2 aliphatic heterocycles. The molecule has 0 spiro atoms. The Labute approximate surface area is 763 Å². The molecule has 128 heavy (non-hydrogen) atoms. The maximum absolute atomic E-state index is 5.87. The van der Waals surface area contributed by atoms with E-state index in [2.05, 4.69) is 253 Å². The minimum atomic E-state index is 0.411. The number of nitrogens with zero attached hydrogens (tertiary/aromatic N) is 14. The topological polar surface area (TPSA) is 212 Å². The Morgan fingerprint density at radius 2 is 0.305 bits per heavy atom. The Kier molecular flexibility index (Phi) is 19.2. The van der Waals surface area contributed by atoms with Gasteiger partial charge in [0.15, 0.2) is 23.3 Å². The lowest BCUT2D eigenvalue weighted by Gasteiger charge is -2.12. The standard InChI is InChI=1S/C104H58N16S8/c1-9-25-73-57(17-1)33-41-89(105-73)121-81-49-65-66(50-82(81)122-90-42-34-58-18-2-10-26-74(58)106-90)98-113-97(65)117-99-67-51-83(123-91-43-35-59-19-3-11-27-75(59)107-91)84(124-92-44-36-60-20-4-12-28-76(60)108-92)52-68(67)101(114-99)119-103-71-55-87(127-95-47-39-63-23-7-15-31-79(63)111-95)88(128-96-48-40-64-24-8-16-32-80(64)112-96)56-72(71)104(116-103)120-102-70-54-86(126-94-46-38-62-22-6-14-30-78(62)110-94)85(53-69(70)100(115-102)118-98)125-93-45-37-61-21-5-13-29-77(61)109-93/h1-56H,(H2,113,114,115,116,117,118,119,120). The third kappa shape index (κ3) is 14.8. The lowest BCUT2D eigenvalue weighted by atomic mass is 10.1. The summed E-state index contributed by atoms with van der Waals surface area (Å²) < 4.78 is 0. The highest BCUT2D eigenvalue weighted by molar-refractivity contribution is 8.03. The summed E-state index contributed by atoms with van der Waals surface area (Å²) >= 11 is 12.7. The minimum absolute atomic E-state index is 0.411. The molecule has 0 aliphatic carbocycles. The number of aromatic amines is 2. The first-order valence-electron chi connectivity index (χ1n) is 41.1. The molecule has 0 radical (unpaired) electrons. The van der Waals surface area contributed by atoms with Gasteiger partial charge in [0, 0.05) is 126 Å². The van der Waals surface area contributed by atoms with Gasteiger partial charge in [0.1, 0.15) is 62.8 Å². The highest BCUT2D eigenvalue weighted by Gasteiger charge is 2.30. The summed E-state index contributed by atoms with van der Waals surface area (Å²) in [7, 11) is 0. The highest BCUT2D eigenvalue weighted by atomic mass is 32.2. The number of pyridine rings is 8. The number of fused-ring (bicyclic) bond motifs is 28. The monoisotopic (exact) mass is 1790 g/mol. The molecule has 8 bridgehead atoms. The van der Waals surface area contributed by atoms with E-state index < -0.39 is 0 Å². The van der Waals surface area contributed by atoms with Crippen molar-refractivity contribution >= 4 is 225 Å². The van der Waals surface area contributed by atoms with Gasteiger partial charge in [-0.3, -0.25) is 0 Å². The molecular formula is C104H58N16S8. The zero-order chi connectivity index (χ0) is 84.3. The van der Waals surface area contributed by atoms with Gasteiger partial charge in [-0.25, -0.2) is 69.8 Å². The van der Waals surface area contributed by atoms with Crippen LogP contribution >= 0.6 is 94.1 Å². The van der Waals surface area contributed by atoms with Crippen molar-refractivity contribution in [1.82, 2.24) is 79.7 Å². The fourth-order valence-corrected chi connectivity index (χ4v) is 23.9. The van der Waals surface area contributed by atoms with Gasteiger partial charge in [-0.15, -0.1) is 0 Å². The van der Waals surface area contributed by atoms with Crippen LogP contribution < -0.4 is 0 Å². The fourth-order valence-electron chi connectivity index (χ4n) is 16.2. The second-order valence-corrected chi connectivity index (χ2v) is 39.0. The van der Waals surface area contributed by atoms with E-state index in [0.29, 0.717) is 45.9 Å². The second-order valence-electron chi connectivity index (χ2n) is 30.5. The minimum Gasteiger partial charge on any atom is -0.324 e. The normalized spacial score (nSPS) is 12.0. The molecule has 0 unspecified atom stereocenters. The van der Waals surface area contributed by atoms with E-state index in [9.17, 15) is 0 Å². The highest BCUT2D eigenvalue weighted by Crippen LogP contribution is 2.51. The molecule has 0 atom stereocenters. The van der Waals surface area contributed by atoms with Crippen molar-refractivity contribution in [3.05, 3.63) is 340 Å². The first kappa shape index (κ1) is 76.5. The molecule has 12 aromatic carbocycles. The number of rotatable bonds is 16. The van der Waals surface area contributed by atoms with Crippen LogP contribution in [0.25, 0.3) is 177 Å². The van der Waals surface area contributed by atoms with Crippen molar-refractivity contribution in [3.8, 4) is 45.6 Å². The van der Waals surface area contributed by atoms with Gasteiger partial charge in [0.05, 0.1) is 44.1 Å². The second kappa shape index (κ2) is 32.2. The molecule has 0 saturated carbocycles.